The Kier molecular flexibility index (Phi) is 46.4. The first kappa shape index (κ1) is 68.0. The average molecular weight is 1030 g/mol. The summed E-state index contributed by atoms with van der Waals surface area (Å²) < 4.78 is 28.4. The molecular weight excluding hydrogens is 925 g/mol. The zero-order valence-corrected chi connectivity index (χ0v) is 46.6. The van der Waals surface area contributed by atoms with Crippen LogP contribution in [-0.4, -0.2) is 89.2 Å². The summed E-state index contributed by atoms with van der Waals surface area (Å²) in [6.45, 7) is 5.92. The monoisotopic (exact) mass is 1030 g/mol. The smallest absolute Gasteiger partial charge is 0.335 e. The third-order valence-electron chi connectivity index (χ3n) is 13.7. The Labute approximate surface area is 444 Å². The number of ether oxygens (including phenoxy) is 5. The van der Waals surface area contributed by atoms with Crippen LogP contribution in [0.3, 0.4) is 0 Å². The van der Waals surface area contributed by atoms with Gasteiger partial charge in [-0.2, -0.15) is 0 Å². The van der Waals surface area contributed by atoms with E-state index in [2.05, 4.69) is 57.2 Å². The first-order chi connectivity index (χ1) is 35.6. The normalized spacial score (nSPS) is 18.5. The maximum absolute atomic E-state index is 13.1. The number of allylic oxidation sites excluding steroid dienone is 6. The van der Waals surface area contributed by atoms with Crippen molar-refractivity contribution in [3.8, 4) is 0 Å². The van der Waals surface area contributed by atoms with Crippen LogP contribution in [-0.2, 0) is 42.9 Å². The van der Waals surface area contributed by atoms with Gasteiger partial charge in [-0.25, -0.2) is 4.79 Å². The number of esters is 3. The maximum Gasteiger partial charge on any atom is 0.335 e. The number of unbranched alkanes of at least 4 members (excludes halogenated alkanes) is 31. The standard InChI is InChI=1S/C61H108O12/c1-4-7-10-13-16-19-22-25-26-27-28-31-32-35-38-41-44-47-53(62)69-50-52(71-54(63)48-45-42-39-36-33-29-23-20-17-14-11-8-5-2)51-70-61-59(57(66)56(65)58(73-61)60(67)68)72-55(64)49-46-43-40-37-34-30-24-21-18-15-12-9-6-3/h11,14,20-21,23-24,52,56-59,61,65-66H,4-10,12-13,15-19,22,25-51H2,1-3H3,(H,67,68)/b14-11-,23-20-,24-21-. The Balaban J connectivity index is 2.68. The van der Waals surface area contributed by atoms with E-state index in [1.165, 1.54) is 109 Å². The minimum Gasteiger partial charge on any atom is -0.479 e. The van der Waals surface area contributed by atoms with Crippen molar-refractivity contribution in [3.63, 3.8) is 0 Å². The van der Waals surface area contributed by atoms with E-state index in [9.17, 15) is 34.5 Å². The van der Waals surface area contributed by atoms with E-state index in [-0.39, 0.29) is 25.9 Å². The van der Waals surface area contributed by atoms with Gasteiger partial charge in [0, 0.05) is 19.3 Å². The molecular formula is C61H108O12. The molecule has 0 amide bonds. The van der Waals surface area contributed by atoms with Gasteiger partial charge in [0.25, 0.3) is 0 Å². The van der Waals surface area contributed by atoms with Crippen LogP contribution in [0.15, 0.2) is 36.5 Å². The quantitative estimate of drug-likeness (QED) is 0.0228. The second-order valence-electron chi connectivity index (χ2n) is 20.6. The summed E-state index contributed by atoms with van der Waals surface area (Å²) in [5.41, 5.74) is 0. The predicted octanol–water partition coefficient (Wildman–Crippen LogP) is 15.2. The topological polar surface area (TPSA) is 175 Å². The molecule has 0 radical (unpaired) electrons. The molecule has 1 rings (SSSR count). The van der Waals surface area contributed by atoms with Crippen molar-refractivity contribution in [1.82, 2.24) is 0 Å². The summed E-state index contributed by atoms with van der Waals surface area (Å²) in [5.74, 6) is -3.13. The molecule has 1 saturated heterocycles. The lowest BCUT2D eigenvalue weighted by Gasteiger charge is -2.40. The van der Waals surface area contributed by atoms with E-state index in [4.69, 9.17) is 23.7 Å². The van der Waals surface area contributed by atoms with Crippen LogP contribution >= 0.6 is 0 Å². The zero-order valence-electron chi connectivity index (χ0n) is 46.6. The minimum absolute atomic E-state index is 0.0513. The molecule has 424 valence electrons. The summed E-state index contributed by atoms with van der Waals surface area (Å²) in [7, 11) is 0. The maximum atomic E-state index is 13.1. The molecule has 12 nitrogen and oxygen atoms in total. The first-order valence-electron chi connectivity index (χ1n) is 30.0. The van der Waals surface area contributed by atoms with Gasteiger partial charge in [-0.1, -0.05) is 224 Å². The Bertz CT molecular complexity index is 1410. The van der Waals surface area contributed by atoms with Crippen molar-refractivity contribution < 1.29 is 58.2 Å². The molecule has 1 heterocycles. The van der Waals surface area contributed by atoms with E-state index in [1.807, 2.05) is 0 Å². The number of carboxylic acids is 1. The SMILES string of the molecule is CCC/C=C\C/C=C\CCCCCCCC(=O)OC(COC(=O)CCCCCCCCCCCCCCCCCCC)COC1OC(C(=O)O)C(O)C(O)C1OC(=O)CCCCCCC/C=C\CCCCCC. The van der Waals surface area contributed by atoms with Gasteiger partial charge in [0.1, 0.15) is 18.8 Å². The molecule has 0 bridgehead atoms. The van der Waals surface area contributed by atoms with E-state index < -0.39 is 67.3 Å². The molecule has 0 aromatic rings. The fraction of sp³-hybridized carbons (Fsp3) is 0.836. The Morgan fingerprint density at radius 1 is 0.452 bits per heavy atom. The molecule has 1 fully saturated rings. The molecule has 12 heteroatoms. The molecule has 1 aliphatic rings. The van der Waals surface area contributed by atoms with Crippen molar-refractivity contribution in [2.75, 3.05) is 13.2 Å². The van der Waals surface area contributed by atoms with Crippen LogP contribution in [0.2, 0.25) is 0 Å². The lowest BCUT2D eigenvalue weighted by molar-refractivity contribution is -0.301. The summed E-state index contributed by atoms with van der Waals surface area (Å²) in [6.07, 6.45) is 45.4. The van der Waals surface area contributed by atoms with Gasteiger partial charge in [-0.3, -0.25) is 14.4 Å². The molecule has 0 aromatic carbocycles. The number of hydrogen-bond acceptors (Lipinski definition) is 11. The number of aliphatic hydroxyl groups excluding tert-OH is 2. The molecule has 73 heavy (non-hydrogen) atoms. The number of carbonyl (C=O) groups is 4. The lowest BCUT2D eigenvalue weighted by atomic mass is 9.98. The van der Waals surface area contributed by atoms with Crippen LogP contribution < -0.4 is 0 Å². The van der Waals surface area contributed by atoms with Gasteiger partial charge in [-0.15, -0.1) is 0 Å². The van der Waals surface area contributed by atoms with Gasteiger partial charge in [0.2, 0.25) is 0 Å². The van der Waals surface area contributed by atoms with Crippen LogP contribution in [0.4, 0.5) is 0 Å². The van der Waals surface area contributed by atoms with Gasteiger partial charge in [-0.05, 0) is 70.6 Å². The van der Waals surface area contributed by atoms with Crippen LogP contribution in [0, 0.1) is 0 Å². The number of rotatable bonds is 51. The van der Waals surface area contributed by atoms with E-state index >= 15 is 0 Å². The largest absolute Gasteiger partial charge is 0.479 e. The van der Waals surface area contributed by atoms with Gasteiger partial charge < -0.3 is 39.0 Å². The van der Waals surface area contributed by atoms with E-state index in [0.717, 1.165) is 109 Å². The number of hydrogen-bond donors (Lipinski definition) is 3. The molecule has 6 atom stereocenters. The van der Waals surface area contributed by atoms with Gasteiger partial charge >= 0.3 is 23.9 Å². The number of carbonyl (C=O) groups excluding carboxylic acids is 3. The van der Waals surface area contributed by atoms with Crippen molar-refractivity contribution in [2.24, 2.45) is 0 Å². The van der Waals surface area contributed by atoms with Crippen LogP contribution in [0.1, 0.15) is 278 Å². The second-order valence-corrected chi connectivity index (χ2v) is 20.6. The van der Waals surface area contributed by atoms with Crippen molar-refractivity contribution >= 4 is 23.9 Å². The Morgan fingerprint density at radius 3 is 1.32 bits per heavy atom. The van der Waals surface area contributed by atoms with Crippen LogP contribution in [0.25, 0.3) is 0 Å². The second kappa shape index (κ2) is 49.8. The number of aliphatic carboxylic acids is 1. The van der Waals surface area contributed by atoms with Crippen LogP contribution in [0.5, 0.6) is 0 Å². The molecule has 0 saturated carbocycles. The fourth-order valence-corrected chi connectivity index (χ4v) is 9.05. The van der Waals surface area contributed by atoms with Crippen molar-refractivity contribution in [2.45, 2.75) is 314 Å². The zero-order chi connectivity index (χ0) is 53.3. The lowest BCUT2D eigenvalue weighted by Crippen LogP contribution is -2.61. The highest BCUT2D eigenvalue weighted by molar-refractivity contribution is 5.74. The van der Waals surface area contributed by atoms with Crippen molar-refractivity contribution in [3.05, 3.63) is 36.5 Å². The molecule has 0 spiro atoms. The molecule has 6 unspecified atom stereocenters. The van der Waals surface area contributed by atoms with E-state index in [1.54, 1.807) is 0 Å². The third-order valence-corrected chi connectivity index (χ3v) is 13.7. The Hall–Kier alpha value is -3.06. The molecule has 3 N–H and O–H groups in total. The molecule has 1 aliphatic heterocycles. The summed E-state index contributed by atoms with van der Waals surface area (Å²) in [6, 6.07) is 0. The number of aliphatic hydroxyl groups is 2. The summed E-state index contributed by atoms with van der Waals surface area (Å²) in [4.78, 5) is 51.1. The third kappa shape index (κ3) is 39.9. The average Bonchev–Trinajstić information content (AvgIpc) is 3.37. The highest BCUT2D eigenvalue weighted by atomic mass is 16.7. The predicted molar refractivity (Wildman–Crippen MR) is 294 cm³/mol. The highest BCUT2D eigenvalue weighted by Crippen LogP contribution is 2.26. The van der Waals surface area contributed by atoms with Gasteiger partial charge in [0.15, 0.2) is 24.6 Å². The highest BCUT2D eigenvalue weighted by Gasteiger charge is 2.50. The first-order valence-corrected chi connectivity index (χ1v) is 30.0. The molecule has 0 aromatic heterocycles. The van der Waals surface area contributed by atoms with E-state index in [0.29, 0.717) is 19.3 Å². The molecule has 0 aliphatic carbocycles. The van der Waals surface area contributed by atoms with Gasteiger partial charge in [0.05, 0.1) is 6.61 Å². The minimum atomic E-state index is -1.90. The number of carboxylic acid groups (broad SMARTS) is 1. The Morgan fingerprint density at radius 2 is 0.849 bits per heavy atom. The fourth-order valence-electron chi connectivity index (χ4n) is 9.05. The summed E-state index contributed by atoms with van der Waals surface area (Å²) >= 11 is 0. The summed E-state index contributed by atoms with van der Waals surface area (Å²) in [5, 5.41) is 31.4. The van der Waals surface area contributed by atoms with Crippen molar-refractivity contribution in [1.29, 1.82) is 0 Å².